The monoisotopic (exact) mass is 502 g/mol. The van der Waals surface area contributed by atoms with E-state index in [1.54, 1.807) is 0 Å². The SMILES string of the molecule is CCCNC(=O)CCNC(=NCc1ccc(C)cc1OCC1CC1)NCC.I. The van der Waals surface area contributed by atoms with Gasteiger partial charge >= 0.3 is 0 Å². The fourth-order valence-corrected chi connectivity index (χ4v) is 2.57. The lowest BCUT2D eigenvalue weighted by molar-refractivity contribution is -0.120. The maximum absolute atomic E-state index is 11.7. The van der Waals surface area contributed by atoms with E-state index in [0.717, 1.165) is 49.3 Å². The van der Waals surface area contributed by atoms with Gasteiger partial charge in [-0.1, -0.05) is 19.1 Å². The van der Waals surface area contributed by atoms with Crippen LogP contribution in [-0.2, 0) is 11.3 Å². The number of carbonyl (C=O) groups excluding carboxylic acids is 1. The third-order valence-electron chi connectivity index (χ3n) is 4.36. The second-order valence-corrected chi connectivity index (χ2v) is 7.09. The number of halogens is 1. The number of guanidine groups is 1. The summed E-state index contributed by atoms with van der Waals surface area (Å²) >= 11 is 0. The largest absolute Gasteiger partial charge is 0.493 e. The number of hydrogen-bond acceptors (Lipinski definition) is 3. The zero-order chi connectivity index (χ0) is 19.5. The molecule has 1 fully saturated rings. The van der Waals surface area contributed by atoms with Gasteiger partial charge in [0.05, 0.1) is 13.2 Å². The Hall–Kier alpha value is -1.51. The summed E-state index contributed by atoms with van der Waals surface area (Å²) in [5.74, 6) is 2.43. The zero-order valence-corrected chi connectivity index (χ0v) is 19.7. The summed E-state index contributed by atoms with van der Waals surface area (Å²) in [6.45, 7) is 9.54. The molecule has 0 heterocycles. The van der Waals surface area contributed by atoms with E-state index in [1.165, 1.54) is 18.4 Å². The Balaban J connectivity index is 0.00000392. The first-order chi connectivity index (χ1) is 13.1. The number of benzene rings is 1. The van der Waals surface area contributed by atoms with E-state index in [1.807, 2.05) is 13.8 Å². The maximum Gasteiger partial charge on any atom is 0.221 e. The molecule has 3 N–H and O–H groups in total. The Morgan fingerprint density at radius 3 is 2.64 bits per heavy atom. The molecule has 0 bridgehead atoms. The van der Waals surface area contributed by atoms with Crippen LogP contribution in [0.4, 0.5) is 0 Å². The predicted octanol–water partition coefficient (Wildman–Crippen LogP) is 3.37. The quantitative estimate of drug-likeness (QED) is 0.247. The van der Waals surface area contributed by atoms with Gasteiger partial charge in [0.15, 0.2) is 5.96 Å². The molecule has 6 nitrogen and oxygen atoms in total. The van der Waals surface area contributed by atoms with Crippen molar-refractivity contribution < 1.29 is 9.53 Å². The van der Waals surface area contributed by atoms with Gasteiger partial charge in [0.1, 0.15) is 5.75 Å². The van der Waals surface area contributed by atoms with Crippen LogP contribution in [0.15, 0.2) is 23.2 Å². The van der Waals surface area contributed by atoms with E-state index in [2.05, 4.69) is 46.1 Å². The van der Waals surface area contributed by atoms with Gasteiger partial charge in [-0.3, -0.25) is 4.79 Å². The second-order valence-electron chi connectivity index (χ2n) is 7.09. The molecule has 0 aromatic heterocycles. The summed E-state index contributed by atoms with van der Waals surface area (Å²) in [5.41, 5.74) is 2.27. The average molecular weight is 502 g/mol. The van der Waals surface area contributed by atoms with Crippen molar-refractivity contribution in [2.75, 3.05) is 26.2 Å². The van der Waals surface area contributed by atoms with Gasteiger partial charge in [-0.05, 0) is 50.7 Å². The molecule has 1 aromatic carbocycles. The molecule has 7 heteroatoms. The van der Waals surface area contributed by atoms with Gasteiger partial charge in [0.25, 0.3) is 0 Å². The minimum atomic E-state index is 0. The van der Waals surface area contributed by atoms with Gasteiger partial charge in [0, 0.05) is 31.6 Å². The molecule has 158 valence electrons. The van der Waals surface area contributed by atoms with Gasteiger partial charge in [-0.25, -0.2) is 4.99 Å². The lowest BCUT2D eigenvalue weighted by Crippen LogP contribution is -2.39. The van der Waals surface area contributed by atoms with E-state index in [0.29, 0.717) is 19.5 Å². The summed E-state index contributed by atoms with van der Waals surface area (Å²) in [7, 11) is 0. The smallest absolute Gasteiger partial charge is 0.221 e. The third kappa shape index (κ3) is 9.61. The molecule has 0 spiro atoms. The molecule has 1 aromatic rings. The minimum Gasteiger partial charge on any atom is -0.493 e. The van der Waals surface area contributed by atoms with Crippen LogP contribution < -0.4 is 20.7 Å². The molecule has 0 atom stereocenters. The number of amides is 1. The number of aryl methyl sites for hydroxylation is 1. The van der Waals surface area contributed by atoms with Crippen molar-refractivity contribution in [2.24, 2.45) is 10.9 Å². The minimum absolute atomic E-state index is 0. The van der Waals surface area contributed by atoms with Crippen LogP contribution in [0.25, 0.3) is 0 Å². The van der Waals surface area contributed by atoms with E-state index in [4.69, 9.17) is 4.74 Å². The number of nitrogens with one attached hydrogen (secondary N) is 3. The lowest BCUT2D eigenvalue weighted by Gasteiger charge is -2.13. The summed E-state index contributed by atoms with van der Waals surface area (Å²) in [6, 6.07) is 6.27. The van der Waals surface area contributed by atoms with Crippen LogP contribution >= 0.6 is 24.0 Å². The Morgan fingerprint density at radius 2 is 1.96 bits per heavy atom. The van der Waals surface area contributed by atoms with Crippen molar-refractivity contribution in [3.63, 3.8) is 0 Å². The standard InChI is InChI=1S/C21H34N4O2.HI/c1-4-11-23-20(26)10-12-24-21(22-5-2)25-14-18-9-6-16(3)13-19(18)27-15-17-7-8-17;/h6,9,13,17H,4-5,7-8,10-12,14-15H2,1-3H3,(H,23,26)(H2,22,24,25);1H. The van der Waals surface area contributed by atoms with Crippen LogP contribution in [-0.4, -0.2) is 38.1 Å². The average Bonchev–Trinajstić information content (AvgIpc) is 3.48. The normalized spacial score (nSPS) is 13.5. The molecule has 0 saturated heterocycles. The van der Waals surface area contributed by atoms with Crippen LogP contribution in [0.2, 0.25) is 0 Å². The number of nitrogens with zero attached hydrogens (tertiary/aromatic N) is 1. The zero-order valence-electron chi connectivity index (χ0n) is 17.3. The third-order valence-corrected chi connectivity index (χ3v) is 4.36. The molecule has 1 amide bonds. The first-order valence-corrected chi connectivity index (χ1v) is 10.1. The van der Waals surface area contributed by atoms with Crippen LogP contribution in [0.1, 0.15) is 50.7 Å². The van der Waals surface area contributed by atoms with E-state index in [9.17, 15) is 4.79 Å². The molecule has 1 aliphatic carbocycles. The second kappa shape index (κ2) is 13.6. The highest BCUT2D eigenvalue weighted by molar-refractivity contribution is 14.0. The summed E-state index contributed by atoms with van der Waals surface area (Å²) in [6.07, 6.45) is 3.94. The van der Waals surface area contributed by atoms with E-state index in [-0.39, 0.29) is 29.9 Å². The van der Waals surface area contributed by atoms with Gasteiger partial charge < -0.3 is 20.7 Å². The van der Waals surface area contributed by atoms with Gasteiger partial charge in [-0.15, -0.1) is 24.0 Å². The van der Waals surface area contributed by atoms with Crippen LogP contribution in [0, 0.1) is 12.8 Å². The Bertz CT molecular complexity index is 633. The number of hydrogen-bond donors (Lipinski definition) is 3. The van der Waals surface area contributed by atoms with Crippen LogP contribution in [0.5, 0.6) is 5.75 Å². The topological polar surface area (TPSA) is 74.8 Å². The highest BCUT2D eigenvalue weighted by Crippen LogP contribution is 2.30. The van der Waals surface area contributed by atoms with Crippen molar-refractivity contribution in [3.05, 3.63) is 29.3 Å². The van der Waals surface area contributed by atoms with Crippen molar-refractivity contribution in [3.8, 4) is 5.75 Å². The Morgan fingerprint density at radius 1 is 1.18 bits per heavy atom. The molecule has 0 aliphatic heterocycles. The summed E-state index contributed by atoms with van der Waals surface area (Å²) in [4.78, 5) is 16.4. The van der Waals surface area contributed by atoms with E-state index >= 15 is 0 Å². The van der Waals surface area contributed by atoms with Crippen molar-refractivity contribution in [1.82, 2.24) is 16.0 Å². The Kier molecular flexibility index (Phi) is 11.9. The van der Waals surface area contributed by atoms with Crippen LogP contribution in [0.3, 0.4) is 0 Å². The lowest BCUT2D eigenvalue weighted by atomic mass is 10.1. The molecule has 2 rings (SSSR count). The fourth-order valence-electron chi connectivity index (χ4n) is 2.57. The molecular formula is C21H35IN4O2. The Labute approximate surface area is 186 Å². The van der Waals surface area contributed by atoms with Crippen molar-refractivity contribution in [1.29, 1.82) is 0 Å². The number of carbonyl (C=O) groups is 1. The summed E-state index contributed by atoms with van der Waals surface area (Å²) < 4.78 is 6.02. The van der Waals surface area contributed by atoms with E-state index < -0.39 is 0 Å². The maximum atomic E-state index is 11.7. The molecule has 28 heavy (non-hydrogen) atoms. The van der Waals surface area contributed by atoms with Crippen molar-refractivity contribution in [2.45, 2.75) is 53.0 Å². The molecule has 1 saturated carbocycles. The first kappa shape index (κ1) is 24.5. The van der Waals surface area contributed by atoms with Gasteiger partial charge in [-0.2, -0.15) is 0 Å². The number of rotatable bonds is 11. The molecular weight excluding hydrogens is 467 g/mol. The highest BCUT2D eigenvalue weighted by Gasteiger charge is 2.22. The summed E-state index contributed by atoms with van der Waals surface area (Å²) in [5, 5.41) is 9.33. The first-order valence-electron chi connectivity index (χ1n) is 10.1. The number of aliphatic imine (C=N–C) groups is 1. The predicted molar refractivity (Wildman–Crippen MR) is 126 cm³/mol. The highest BCUT2D eigenvalue weighted by atomic mass is 127. The van der Waals surface area contributed by atoms with Crippen molar-refractivity contribution >= 4 is 35.8 Å². The molecule has 1 aliphatic rings. The fraction of sp³-hybridized carbons (Fsp3) is 0.619. The molecule has 0 radical (unpaired) electrons. The molecule has 0 unspecified atom stereocenters. The van der Waals surface area contributed by atoms with Gasteiger partial charge in [0.2, 0.25) is 5.91 Å². The number of ether oxygens (including phenoxy) is 1.